The van der Waals surface area contributed by atoms with Crippen LogP contribution in [0.5, 0.6) is 0 Å². The molecule has 0 spiro atoms. The summed E-state index contributed by atoms with van der Waals surface area (Å²) >= 11 is 16.3. The lowest BCUT2D eigenvalue weighted by Crippen LogP contribution is -2.35. The Morgan fingerprint density at radius 1 is 1.08 bits per heavy atom. The lowest BCUT2D eigenvalue weighted by Gasteiger charge is -2.32. The minimum absolute atomic E-state index is 0.186. The molecule has 208 valence electrons. The second kappa shape index (κ2) is 14.4. The lowest BCUT2D eigenvalue weighted by molar-refractivity contribution is -0.181. The van der Waals surface area contributed by atoms with Gasteiger partial charge in [-0.3, -0.25) is 4.79 Å². The standard InChI is InChI=1S/C29H30Cl2INO5S/c1-17-24(28(32)34)26(21-11-8-12-22(30)27(21)31)25(18(2)33-17)29(35)38-19(15-37-23-13-6-7-14-36-23)16-39-20-9-4-3-5-10-20/h3-5,8-12,19,23,26,33H,6-7,13-16H2,1-2H3. The maximum atomic E-state index is 13.9. The van der Waals surface area contributed by atoms with E-state index in [0.29, 0.717) is 50.5 Å². The number of dihydropyridines is 1. The van der Waals surface area contributed by atoms with Gasteiger partial charge in [0.15, 0.2) is 6.29 Å². The molecule has 3 unspecified atom stereocenters. The van der Waals surface area contributed by atoms with Gasteiger partial charge in [-0.1, -0.05) is 53.5 Å². The maximum Gasteiger partial charge on any atom is 0.337 e. The fraction of sp³-hybridized carbons (Fsp3) is 0.379. The van der Waals surface area contributed by atoms with E-state index in [9.17, 15) is 9.59 Å². The van der Waals surface area contributed by atoms with Gasteiger partial charge in [0.2, 0.25) is 3.79 Å². The van der Waals surface area contributed by atoms with Crippen LogP contribution in [0.3, 0.4) is 0 Å². The Kier molecular flexibility index (Phi) is 11.2. The van der Waals surface area contributed by atoms with Crippen LogP contribution in [0.2, 0.25) is 10.0 Å². The minimum atomic E-state index is -0.737. The van der Waals surface area contributed by atoms with Crippen LogP contribution in [0.4, 0.5) is 0 Å². The van der Waals surface area contributed by atoms with E-state index < -0.39 is 18.0 Å². The van der Waals surface area contributed by atoms with Gasteiger partial charge in [-0.25, -0.2) is 4.79 Å². The first-order valence-corrected chi connectivity index (χ1v) is 15.5. The van der Waals surface area contributed by atoms with E-state index in [2.05, 4.69) is 5.32 Å². The van der Waals surface area contributed by atoms with Crippen molar-refractivity contribution in [3.8, 4) is 0 Å². The molecule has 2 heterocycles. The third kappa shape index (κ3) is 7.80. The fourth-order valence-electron chi connectivity index (χ4n) is 4.67. The van der Waals surface area contributed by atoms with Crippen LogP contribution in [0, 0.1) is 0 Å². The van der Waals surface area contributed by atoms with E-state index in [4.69, 9.17) is 37.4 Å². The molecule has 39 heavy (non-hydrogen) atoms. The lowest BCUT2D eigenvalue weighted by atomic mass is 9.81. The monoisotopic (exact) mass is 701 g/mol. The van der Waals surface area contributed by atoms with Crippen molar-refractivity contribution >= 4 is 67.3 Å². The smallest absolute Gasteiger partial charge is 0.337 e. The van der Waals surface area contributed by atoms with Gasteiger partial charge >= 0.3 is 5.97 Å². The number of esters is 1. The third-order valence-corrected chi connectivity index (χ3v) is 9.10. The van der Waals surface area contributed by atoms with Crippen molar-refractivity contribution in [3.63, 3.8) is 0 Å². The average molecular weight is 702 g/mol. The number of hydrogen-bond donors (Lipinski definition) is 1. The zero-order valence-corrected chi connectivity index (χ0v) is 26.2. The summed E-state index contributed by atoms with van der Waals surface area (Å²) < 4.78 is 17.6. The molecule has 0 bridgehead atoms. The quantitative estimate of drug-likeness (QED) is 0.120. The molecule has 0 aromatic heterocycles. The van der Waals surface area contributed by atoms with E-state index in [1.54, 1.807) is 66.4 Å². The molecule has 0 amide bonds. The summed E-state index contributed by atoms with van der Waals surface area (Å²) in [5.41, 5.74) is 2.55. The van der Waals surface area contributed by atoms with Gasteiger partial charge in [0.1, 0.15) is 6.10 Å². The molecule has 2 aromatic carbocycles. The molecule has 4 rings (SSSR count). The molecule has 2 aliphatic heterocycles. The molecule has 0 radical (unpaired) electrons. The first kappa shape index (κ1) is 30.4. The number of carbonyl (C=O) groups is 2. The van der Waals surface area contributed by atoms with E-state index >= 15 is 0 Å². The number of halogens is 3. The summed E-state index contributed by atoms with van der Waals surface area (Å²) in [6.07, 6.45) is 1.98. The first-order chi connectivity index (χ1) is 18.8. The highest BCUT2D eigenvalue weighted by atomic mass is 127. The summed E-state index contributed by atoms with van der Waals surface area (Å²) in [6.45, 7) is 4.44. The number of benzene rings is 2. The zero-order chi connectivity index (χ0) is 27.9. The summed E-state index contributed by atoms with van der Waals surface area (Å²) in [6, 6.07) is 15.1. The second-order valence-electron chi connectivity index (χ2n) is 9.33. The molecule has 0 saturated carbocycles. The maximum absolute atomic E-state index is 13.9. The van der Waals surface area contributed by atoms with E-state index in [1.807, 2.05) is 30.3 Å². The normalized spacial score (nSPS) is 20.4. The Hall–Kier alpha value is -1.56. The Morgan fingerprint density at radius 2 is 1.82 bits per heavy atom. The van der Waals surface area contributed by atoms with E-state index in [-0.39, 0.29) is 16.7 Å². The average Bonchev–Trinajstić information content (AvgIpc) is 2.92. The molecule has 1 fully saturated rings. The Morgan fingerprint density at radius 3 is 2.51 bits per heavy atom. The number of allylic oxidation sites excluding steroid dienone is 3. The predicted octanol–water partition coefficient (Wildman–Crippen LogP) is 7.44. The van der Waals surface area contributed by atoms with E-state index in [1.165, 1.54) is 0 Å². The molecule has 3 atom stereocenters. The predicted molar refractivity (Wildman–Crippen MR) is 163 cm³/mol. The first-order valence-electron chi connectivity index (χ1n) is 12.7. The Labute approximate surface area is 257 Å². The van der Waals surface area contributed by atoms with Crippen LogP contribution < -0.4 is 5.32 Å². The molecule has 1 saturated heterocycles. The molecule has 2 aliphatic rings. The Bertz CT molecular complexity index is 1260. The summed E-state index contributed by atoms with van der Waals surface area (Å²) in [4.78, 5) is 27.8. The van der Waals surface area contributed by atoms with Crippen molar-refractivity contribution in [2.45, 2.75) is 56.3 Å². The molecule has 6 nitrogen and oxygen atoms in total. The fourth-order valence-corrected chi connectivity index (χ4v) is 6.70. The van der Waals surface area contributed by atoms with Crippen LogP contribution in [0.15, 0.2) is 76.0 Å². The van der Waals surface area contributed by atoms with Gasteiger partial charge in [-0.15, -0.1) is 11.8 Å². The Balaban J connectivity index is 1.62. The van der Waals surface area contributed by atoms with Crippen molar-refractivity contribution in [3.05, 3.63) is 86.7 Å². The number of ether oxygens (including phenoxy) is 3. The zero-order valence-electron chi connectivity index (χ0n) is 21.7. The van der Waals surface area contributed by atoms with Crippen LogP contribution in [-0.2, 0) is 23.8 Å². The topological polar surface area (TPSA) is 73.9 Å². The molecular weight excluding hydrogens is 672 g/mol. The van der Waals surface area contributed by atoms with E-state index in [0.717, 1.165) is 24.2 Å². The summed E-state index contributed by atoms with van der Waals surface area (Å²) in [5.74, 6) is -0.799. The van der Waals surface area contributed by atoms with Gasteiger partial charge < -0.3 is 19.5 Å². The van der Waals surface area contributed by atoms with Crippen molar-refractivity contribution in [2.24, 2.45) is 0 Å². The van der Waals surface area contributed by atoms with Gasteiger partial charge in [0.25, 0.3) is 0 Å². The third-order valence-electron chi connectivity index (χ3n) is 6.54. The number of thioether (sulfide) groups is 1. The molecular formula is C29H30Cl2INO5S. The van der Waals surface area contributed by atoms with Crippen LogP contribution in [0.25, 0.3) is 0 Å². The van der Waals surface area contributed by atoms with Gasteiger partial charge in [-0.05, 0) is 56.9 Å². The number of nitrogens with one attached hydrogen (secondary N) is 1. The second-order valence-corrected chi connectivity index (χ2v) is 12.2. The molecule has 2 aromatic rings. The number of carbonyl (C=O) groups excluding carboxylic acids is 2. The largest absolute Gasteiger partial charge is 0.456 e. The van der Waals surface area contributed by atoms with Crippen molar-refractivity contribution in [2.75, 3.05) is 19.0 Å². The van der Waals surface area contributed by atoms with Crippen LogP contribution in [0.1, 0.15) is 44.6 Å². The highest BCUT2D eigenvalue weighted by Crippen LogP contribution is 2.44. The molecule has 1 N–H and O–H groups in total. The summed E-state index contributed by atoms with van der Waals surface area (Å²) in [5, 5.41) is 3.82. The SMILES string of the molecule is CC1=C(C(=O)I)C(c2cccc(Cl)c2Cl)C(C(=O)OC(COC2CCCCO2)CSc2ccccc2)=C(C)N1. The molecule has 0 aliphatic carbocycles. The molecule has 10 heteroatoms. The number of hydrogen-bond acceptors (Lipinski definition) is 7. The summed E-state index contributed by atoms with van der Waals surface area (Å²) in [7, 11) is 0. The highest BCUT2D eigenvalue weighted by molar-refractivity contribution is 14.1. The minimum Gasteiger partial charge on any atom is -0.456 e. The van der Waals surface area contributed by atoms with Gasteiger partial charge in [0.05, 0.1) is 28.1 Å². The van der Waals surface area contributed by atoms with Crippen molar-refractivity contribution < 1.29 is 23.8 Å². The van der Waals surface area contributed by atoms with Crippen LogP contribution >= 0.6 is 57.6 Å². The van der Waals surface area contributed by atoms with Crippen molar-refractivity contribution in [1.82, 2.24) is 5.32 Å². The van der Waals surface area contributed by atoms with Crippen LogP contribution in [-0.4, -0.2) is 41.1 Å². The number of rotatable bonds is 10. The highest BCUT2D eigenvalue weighted by Gasteiger charge is 2.38. The van der Waals surface area contributed by atoms with Gasteiger partial charge in [0, 0.05) is 56.8 Å². The van der Waals surface area contributed by atoms with Gasteiger partial charge in [-0.2, -0.15) is 0 Å². The van der Waals surface area contributed by atoms with Crippen molar-refractivity contribution in [1.29, 1.82) is 0 Å².